The number of nitriles is 1. The lowest BCUT2D eigenvalue weighted by molar-refractivity contribution is 0.0142. The standard InChI is InChI=1S/C30H41N3O7S/c1-30(2,16-7-8-17-31)22-32(41(37,38)26-13-11-25(39-3)12-14-26)20-28(34)27(19-23-9-5-4-6-10-23)33(29(35)36)24-15-18-40-21-24/h4-6,9-14,24,27-28,34H,7-8,15-16,18-22H2,1-3H3,(H,35,36)/t24-,27-,28+/m0/s1. The third-order valence-corrected chi connectivity index (χ3v) is 9.27. The number of carboxylic acid groups (broad SMARTS) is 1. The smallest absolute Gasteiger partial charge is 0.407 e. The molecule has 3 atom stereocenters. The molecule has 11 heteroatoms. The highest BCUT2D eigenvalue weighted by Crippen LogP contribution is 2.30. The molecule has 2 aromatic carbocycles. The molecule has 2 aromatic rings. The Hall–Kier alpha value is -3.17. The SMILES string of the molecule is COc1ccc(S(=O)(=O)N(C[C@@H](O)[C@H](Cc2ccccc2)N(C(=O)O)[C@H]2CCOC2)CC(C)(C)CCCC#N)cc1. The second-order valence-electron chi connectivity index (χ2n) is 11.2. The van der Waals surface area contributed by atoms with Gasteiger partial charge in [0.25, 0.3) is 0 Å². The van der Waals surface area contributed by atoms with Crippen LogP contribution in [0.4, 0.5) is 4.79 Å². The first-order valence-electron chi connectivity index (χ1n) is 13.8. The van der Waals surface area contributed by atoms with Crippen LogP contribution >= 0.6 is 0 Å². The lowest BCUT2D eigenvalue weighted by atomic mass is 9.87. The van der Waals surface area contributed by atoms with E-state index in [1.165, 1.54) is 28.4 Å². The van der Waals surface area contributed by atoms with Crippen LogP contribution in [0.15, 0.2) is 59.5 Å². The van der Waals surface area contributed by atoms with Crippen LogP contribution in [0.5, 0.6) is 5.75 Å². The molecule has 0 saturated carbocycles. The highest BCUT2D eigenvalue weighted by molar-refractivity contribution is 7.89. The van der Waals surface area contributed by atoms with E-state index in [0.29, 0.717) is 38.0 Å². The molecule has 0 aliphatic carbocycles. The summed E-state index contributed by atoms with van der Waals surface area (Å²) < 4.78 is 39.9. The minimum Gasteiger partial charge on any atom is -0.497 e. The van der Waals surface area contributed by atoms with E-state index in [1.54, 1.807) is 12.1 Å². The van der Waals surface area contributed by atoms with E-state index in [0.717, 1.165) is 5.56 Å². The normalized spacial score (nSPS) is 17.1. The molecule has 1 fully saturated rings. The molecule has 1 aliphatic heterocycles. The number of hydrogen-bond donors (Lipinski definition) is 2. The maximum atomic E-state index is 14.0. The van der Waals surface area contributed by atoms with Gasteiger partial charge in [-0.05, 0) is 60.9 Å². The molecular weight excluding hydrogens is 546 g/mol. The van der Waals surface area contributed by atoms with Crippen LogP contribution in [-0.2, 0) is 21.2 Å². The summed E-state index contributed by atoms with van der Waals surface area (Å²) in [5.41, 5.74) is 0.305. The molecule has 0 radical (unpaired) electrons. The number of ether oxygens (including phenoxy) is 2. The van der Waals surface area contributed by atoms with E-state index < -0.39 is 39.7 Å². The van der Waals surface area contributed by atoms with Gasteiger partial charge in [0.2, 0.25) is 10.0 Å². The summed E-state index contributed by atoms with van der Waals surface area (Å²) >= 11 is 0. The first kappa shape index (κ1) is 32.3. The maximum absolute atomic E-state index is 14.0. The summed E-state index contributed by atoms with van der Waals surface area (Å²) in [6.45, 7) is 4.23. The quantitative estimate of drug-likeness (QED) is 0.296. The van der Waals surface area contributed by atoms with Crippen molar-refractivity contribution in [3.63, 3.8) is 0 Å². The Morgan fingerprint density at radius 2 is 1.88 bits per heavy atom. The molecule has 0 aromatic heterocycles. The molecule has 0 unspecified atom stereocenters. The van der Waals surface area contributed by atoms with Crippen LogP contribution in [0.25, 0.3) is 0 Å². The summed E-state index contributed by atoms with van der Waals surface area (Å²) in [5, 5.41) is 30.9. The van der Waals surface area contributed by atoms with Gasteiger partial charge >= 0.3 is 6.09 Å². The third-order valence-electron chi connectivity index (χ3n) is 7.44. The zero-order valence-electron chi connectivity index (χ0n) is 24.0. The van der Waals surface area contributed by atoms with Crippen molar-refractivity contribution in [1.82, 2.24) is 9.21 Å². The van der Waals surface area contributed by atoms with Crippen LogP contribution < -0.4 is 4.74 Å². The van der Waals surface area contributed by atoms with Crippen molar-refractivity contribution < 1.29 is 32.9 Å². The molecule has 41 heavy (non-hydrogen) atoms. The largest absolute Gasteiger partial charge is 0.497 e. The number of carbonyl (C=O) groups is 1. The Morgan fingerprint density at radius 3 is 2.44 bits per heavy atom. The molecule has 224 valence electrons. The van der Waals surface area contributed by atoms with Gasteiger partial charge in [-0.3, -0.25) is 4.90 Å². The van der Waals surface area contributed by atoms with Gasteiger partial charge in [0.1, 0.15) is 5.75 Å². The lowest BCUT2D eigenvalue weighted by Crippen LogP contribution is -2.56. The molecule has 1 aliphatic rings. The van der Waals surface area contributed by atoms with Gasteiger partial charge in [-0.25, -0.2) is 13.2 Å². The van der Waals surface area contributed by atoms with Crippen molar-refractivity contribution in [3.05, 3.63) is 60.2 Å². The van der Waals surface area contributed by atoms with E-state index in [1.807, 2.05) is 44.2 Å². The van der Waals surface area contributed by atoms with E-state index in [9.17, 15) is 23.4 Å². The van der Waals surface area contributed by atoms with Crippen molar-refractivity contribution in [2.45, 2.75) is 69.0 Å². The highest BCUT2D eigenvalue weighted by Gasteiger charge is 2.40. The van der Waals surface area contributed by atoms with Crippen LogP contribution in [0.1, 0.15) is 45.1 Å². The molecule has 1 saturated heterocycles. The maximum Gasteiger partial charge on any atom is 0.407 e. The number of sulfonamides is 1. The molecule has 1 amide bonds. The zero-order valence-corrected chi connectivity index (χ0v) is 24.8. The monoisotopic (exact) mass is 587 g/mol. The van der Waals surface area contributed by atoms with Gasteiger partial charge in [0, 0.05) is 26.1 Å². The van der Waals surface area contributed by atoms with Gasteiger partial charge in [-0.2, -0.15) is 9.57 Å². The Morgan fingerprint density at radius 1 is 1.20 bits per heavy atom. The van der Waals surface area contributed by atoms with E-state index in [-0.39, 0.29) is 31.0 Å². The van der Waals surface area contributed by atoms with Crippen LogP contribution in [0, 0.1) is 16.7 Å². The molecule has 10 nitrogen and oxygen atoms in total. The van der Waals surface area contributed by atoms with Gasteiger partial charge in [-0.1, -0.05) is 44.2 Å². The third kappa shape index (κ3) is 8.91. The number of nitrogens with zero attached hydrogens (tertiary/aromatic N) is 3. The number of benzene rings is 2. The van der Waals surface area contributed by atoms with E-state index in [2.05, 4.69) is 6.07 Å². The fraction of sp³-hybridized carbons (Fsp3) is 0.533. The molecule has 0 bridgehead atoms. The minimum atomic E-state index is -4.09. The van der Waals surface area contributed by atoms with Crippen molar-refractivity contribution in [1.29, 1.82) is 5.26 Å². The number of aliphatic hydroxyl groups is 1. The Bertz CT molecular complexity index is 1260. The topological polar surface area (TPSA) is 140 Å². The van der Waals surface area contributed by atoms with Crippen molar-refractivity contribution in [2.75, 3.05) is 33.4 Å². The number of rotatable bonds is 15. The van der Waals surface area contributed by atoms with Crippen molar-refractivity contribution in [2.24, 2.45) is 5.41 Å². The first-order chi connectivity index (χ1) is 19.5. The summed E-state index contributed by atoms with van der Waals surface area (Å²) in [5.74, 6) is 0.506. The van der Waals surface area contributed by atoms with Gasteiger partial charge in [0.15, 0.2) is 0 Å². The average Bonchev–Trinajstić information content (AvgIpc) is 3.47. The fourth-order valence-corrected chi connectivity index (χ4v) is 6.91. The molecule has 3 rings (SSSR count). The fourth-order valence-electron chi connectivity index (χ4n) is 5.26. The summed E-state index contributed by atoms with van der Waals surface area (Å²) in [6, 6.07) is 16.0. The highest BCUT2D eigenvalue weighted by atomic mass is 32.2. The summed E-state index contributed by atoms with van der Waals surface area (Å²) in [7, 11) is -2.60. The van der Waals surface area contributed by atoms with Crippen LogP contribution in [-0.4, -0.2) is 85.5 Å². The molecule has 2 N–H and O–H groups in total. The minimum absolute atomic E-state index is 0.0391. The number of aliphatic hydroxyl groups excluding tert-OH is 1. The number of amides is 1. The number of methoxy groups -OCH3 is 1. The van der Waals surface area contributed by atoms with E-state index >= 15 is 0 Å². The van der Waals surface area contributed by atoms with E-state index in [4.69, 9.17) is 14.7 Å². The van der Waals surface area contributed by atoms with Crippen molar-refractivity contribution >= 4 is 16.1 Å². The predicted molar refractivity (Wildman–Crippen MR) is 154 cm³/mol. The second kappa shape index (κ2) is 14.6. The lowest BCUT2D eigenvalue weighted by Gasteiger charge is -2.39. The zero-order chi connectivity index (χ0) is 30.0. The van der Waals surface area contributed by atoms with Gasteiger partial charge in [-0.15, -0.1) is 0 Å². The van der Waals surface area contributed by atoms with Gasteiger partial charge in [0.05, 0.1) is 42.9 Å². The number of hydrogen-bond acceptors (Lipinski definition) is 7. The Kier molecular flexibility index (Phi) is 11.5. The van der Waals surface area contributed by atoms with Crippen LogP contribution in [0.3, 0.4) is 0 Å². The molecular formula is C30H41N3O7S. The Balaban J connectivity index is 1.99. The average molecular weight is 588 g/mol. The van der Waals surface area contributed by atoms with Crippen molar-refractivity contribution in [3.8, 4) is 11.8 Å². The molecule has 1 heterocycles. The van der Waals surface area contributed by atoms with Gasteiger partial charge < -0.3 is 19.7 Å². The number of unbranched alkanes of at least 4 members (excludes halogenated alkanes) is 1. The Labute approximate surface area is 243 Å². The van der Waals surface area contributed by atoms with Crippen LogP contribution in [0.2, 0.25) is 0 Å². The first-order valence-corrected chi connectivity index (χ1v) is 15.2. The summed E-state index contributed by atoms with van der Waals surface area (Å²) in [6.07, 6.45) is -0.283. The summed E-state index contributed by atoms with van der Waals surface area (Å²) in [4.78, 5) is 13.8. The predicted octanol–water partition coefficient (Wildman–Crippen LogP) is 4.15. The molecule has 0 spiro atoms. The second-order valence-corrected chi connectivity index (χ2v) is 13.1.